The quantitative estimate of drug-likeness (QED) is 0.891. The number of amides is 1. The smallest absolute Gasteiger partial charge is 0.274 e. The summed E-state index contributed by atoms with van der Waals surface area (Å²) in [7, 11) is 3.93. The van der Waals surface area contributed by atoms with E-state index in [-0.39, 0.29) is 5.91 Å². The van der Waals surface area contributed by atoms with Crippen molar-refractivity contribution >= 4 is 17.3 Å². The Kier molecular flexibility index (Phi) is 3.52. The lowest BCUT2D eigenvalue weighted by Crippen LogP contribution is -2.14. The van der Waals surface area contributed by atoms with Gasteiger partial charge in [-0.1, -0.05) is 0 Å². The van der Waals surface area contributed by atoms with Gasteiger partial charge in [-0.25, -0.2) is 9.97 Å². The molecule has 1 aromatic heterocycles. The van der Waals surface area contributed by atoms with Crippen molar-refractivity contribution in [3.05, 3.63) is 48.5 Å². The molecule has 0 saturated heterocycles. The summed E-state index contributed by atoms with van der Waals surface area (Å²) in [5.74, 6) is -0.241. The van der Waals surface area contributed by atoms with Crippen molar-refractivity contribution in [3.63, 3.8) is 0 Å². The molecule has 1 aromatic carbocycles. The standard InChI is InChI=1S/C13H14N4O/c1-17(2)11-5-3-10(4-6-11)16-13(18)12-7-8-14-9-15-12/h3-9H,1-2H3,(H,16,18). The molecule has 0 aliphatic heterocycles. The molecule has 18 heavy (non-hydrogen) atoms. The van der Waals surface area contributed by atoms with Crippen LogP contribution in [-0.4, -0.2) is 30.0 Å². The number of carbonyl (C=O) groups excluding carboxylic acids is 1. The molecule has 2 aromatic rings. The summed E-state index contributed by atoms with van der Waals surface area (Å²) in [6.45, 7) is 0. The number of aromatic nitrogens is 2. The third-order valence-electron chi connectivity index (χ3n) is 2.46. The van der Waals surface area contributed by atoms with Gasteiger partial charge in [-0.05, 0) is 30.3 Å². The monoisotopic (exact) mass is 242 g/mol. The van der Waals surface area contributed by atoms with Gasteiger partial charge in [-0.15, -0.1) is 0 Å². The fourth-order valence-electron chi connectivity index (χ4n) is 1.46. The van der Waals surface area contributed by atoms with E-state index in [1.54, 1.807) is 6.07 Å². The highest BCUT2D eigenvalue weighted by atomic mass is 16.1. The second-order valence-corrected chi connectivity index (χ2v) is 3.99. The maximum atomic E-state index is 11.8. The van der Waals surface area contributed by atoms with Crippen LogP contribution in [0.5, 0.6) is 0 Å². The van der Waals surface area contributed by atoms with Gasteiger partial charge in [-0.3, -0.25) is 4.79 Å². The van der Waals surface area contributed by atoms with Crippen LogP contribution in [0.4, 0.5) is 11.4 Å². The van der Waals surface area contributed by atoms with Crippen molar-refractivity contribution in [1.82, 2.24) is 9.97 Å². The van der Waals surface area contributed by atoms with Gasteiger partial charge in [0.05, 0.1) is 0 Å². The zero-order valence-corrected chi connectivity index (χ0v) is 10.3. The number of rotatable bonds is 3. The second-order valence-electron chi connectivity index (χ2n) is 3.99. The van der Waals surface area contributed by atoms with Gasteiger partial charge < -0.3 is 10.2 Å². The average Bonchev–Trinajstić information content (AvgIpc) is 2.40. The van der Waals surface area contributed by atoms with Crippen LogP contribution in [0.25, 0.3) is 0 Å². The highest BCUT2D eigenvalue weighted by molar-refractivity contribution is 6.02. The van der Waals surface area contributed by atoms with Crippen LogP contribution in [0.15, 0.2) is 42.9 Å². The summed E-state index contributed by atoms with van der Waals surface area (Å²) in [5.41, 5.74) is 2.17. The van der Waals surface area contributed by atoms with Gasteiger partial charge in [0.2, 0.25) is 0 Å². The fraction of sp³-hybridized carbons (Fsp3) is 0.154. The summed E-state index contributed by atoms with van der Waals surface area (Å²) in [6, 6.07) is 9.16. The number of carbonyl (C=O) groups is 1. The lowest BCUT2D eigenvalue weighted by atomic mass is 10.2. The van der Waals surface area contributed by atoms with E-state index in [9.17, 15) is 4.79 Å². The van der Waals surface area contributed by atoms with Crippen LogP contribution in [0.3, 0.4) is 0 Å². The summed E-state index contributed by atoms with van der Waals surface area (Å²) in [6.07, 6.45) is 2.89. The van der Waals surface area contributed by atoms with Crippen molar-refractivity contribution in [2.45, 2.75) is 0 Å². The molecule has 0 atom stereocenters. The maximum Gasteiger partial charge on any atom is 0.274 e. The van der Waals surface area contributed by atoms with E-state index in [1.165, 1.54) is 12.5 Å². The molecule has 92 valence electrons. The average molecular weight is 242 g/mol. The van der Waals surface area contributed by atoms with Gasteiger partial charge in [0.25, 0.3) is 5.91 Å². The Morgan fingerprint density at radius 2 is 1.89 bits per heavy atom. The minimum Gasteiger partial charge on any atom is -0.378 e. The van der Waals surface area contributed by atoms with E-state index in [2.05, 4.69) is 15.3 Å². The summed E-state index contributed by atoms with van der Waals surface area (Å²) < 4.78 is 0. The van der Waals surface area contributed by atoms with Crippen LogP contribution in [0, 0.1) is 0 Å². The molecule has 0 fully saturated rings. The molecule has 0 spiro atoms. The minimum absolute atomic E-state index is 0.241. The molecule has 0 radical (unpaired) electrons. The first-order valence-corrected chi connectivity index (χ1v) is 5.51. The van der Waals surface area contributed by atoms with Crippen molar-refractivity contribution < 1.29 is 4.79 Å². The molecule has 0 unspecified atom stereocenters. The van der Waals surface area contributed by atoms with Crippen LogP contribution >= 0.6 is 0 Å². The third-order valence-corrected chi connectivity index (χ3v) is 2.46. The Bertz CT molecular complexity index is 522. The van der Waals surface area contributed by atoms with Crippen LogP contribution < -0.4 is 10.2 Å². The molecule has 0 bridgehead atoms. The highest BCUT2D eigenvalue weighted by Crippen LogP contribution is 2.16. The summed E-state index contributed by atoms with van der Waals surface area (Å²) >= 11 is 0. The lowest BCUT2D eigenvalue weighted by molar-refractivity contribution is 0.102. The number of nitrogens with zero attached hydrogens (tertiary/aromatic N) is 3. The molecule has 1 amide bonds. The normalized spacial score (nSPS) is 9.89. The predicted molar refractivity (Wildman–Crippen MR) is 70.8 cm³/mol. The zero-order chi connectivity index (χ0) is 13.0. The molecule has 0 aliphatic carbocycles. The molecular weight excluding hydrogens is 228 g/mol. The van der Waals surface area contributed by atoms with Crippen LogP contribution in [-0.2, 0) is 0 Å². The molecular formula is C13H14N4O. The lowest BCUT2D eigenvalue weighted by Gasteiger charge is -2.12. The van der Waals surface area contributed by atoms with E-state index in [0.717, 1.165) is 11.4 Å². The number of hydrogen-bond donors (Lipinski definition) is 1. The number of benzene rings is 1. The van der Waals surface area contributed by atoms with E-state index in [1.807, 2.05) is 43.3 Å². The highest BCUT2D eigenvalue weighted by Gasteiger charge is 2.06. The zero-order valence-electron chi connectivity index (χ0n) is 10.3. The van der Waals surface area contributed by atoms with Crippen molar-refractivity contribution in [3.8, 4) is 0 Å². The Hall–Kier alpha value is -2.43. The van der Waals surface area contributed by atoms with Crippen LogP contribution in [0.1, 0.15) is 10.5 Å². The maximum absolute atomic E-state index is 11.8. The number of nitrogens with one attached hydrogen (secondary N) is 1. The number of hydrogen-bond acceptors (Lipinski definition) is 4. The molecule has 5 nitrogen and oxygen atoms in total. The molecule has 0 aliphatic rings. The molecule has 5 heteroatoms. The van der Waals surface area contributed by atoms with Gasteiger partial charge in [-0.2, -0.15) is 0 Å². The van der Waals surface area contributed by atoms with Crippen molar-refractivity contribution in [2.24, 2.45) is 0 Å². The SMILES string of the molecule is CN(C)c1ccc(NC(=O)c2ccncn2)cc1. The van der Waals surface area contributed by atoms with E-state index < -0.39 is 0 Å². The first kappa shape index (κ1) is 12.0. The Labute approximate surface area is 105 Å². The minimum atomic E-state index is -0.241. The van der Waals surface area contributed by atoms with E-state index in [0.29, 0.717) is 5.69 Å². The Balaban J connectivity index is 2.08. The molecule has 1 N–H and O–H groups in total. The first-order chi connectivity index (χ1) is 8.66. The van der Waals surface area contributed by atoms with Crippen LogP contribution in [0.2, 0.25) is 0 Å². The molecule has 1 heterocycles. The van der Waals surface area contributed by atoms with Crippen molar-refractivity contribution in [1.29, 1.82) is 0 Å². The Morgan fingerprint density at radius 3 is 2.44 bits per heavy atom. The fourth-order valence-corrected chi connectivity index (χ4v) is 1.46. The second kappa shape index (κ2) is 5.27. The third kappa shape index (κ3) is 2.82. The summed E-state index contributed by atoms with van der Waals surface area (Å²) in [5, 5.41) is 2.78. The van der Waals surface area contributed by atoms with Gasteiger partial charge in [0, 0.05) is 31.7 Å². The number of anilines is 2. The van der Waals surface area contributed by atoms with E-state index in [4.69, 9.17) is 0 Å². The van der Waals surface area contributed by atoms with E-state index >= 15 is 0 Å². The first-order valence-electron chi connectivity index (χ1n) is 5.51. The largest absolute Gasteiger partial charge is 0.378 e. The van der Waals surface area contributed by atoms with Crippen molar-refractivity contribution in [2.75, 3.05) is 24.3 Å². The Morgan fingerprint density at radius 1 is 1.17 bits per heavy atom. The van der Waals surface area contributed by atoms with Gasteiger partial charge in [0.15, 0.2) is 0 Å². The summed E-state index contributed by atoms with van der Waals surface area (Å²) in [4.78, 5) is 21.5. The molecule has 2 rings (SSSR count). The molecule has 0 saturated carbocycles. The topological polar surface area (TPSA) is 58.1 Å². The predicted octanol–water partition coefficient (Wildman–Crippen LogP) is 1.79. The van der Waals surface area contributed by atoms with Gasteiger partial charge in [0.1, 0.15) is 12.0 Å². The van der Waals surface area contributed by atoms with Gasteiger partial charge >= 0.3 is 0 Å².